The smallest absolute Gasteiger partial charge is 0.269 e. The van der Waals surface area contributed by atoms with Crippen molar-refractivity contribution in [1.29, 1.82) is 0 Å². The summed E-state index contributed by atoms with van der Waals surface area (Å²) in [5, 5.41) is 0. The first-order chi connectivity index (χ1) is 6.20. The minimum Gasteiger partial charge on any atom is -0.308 e. The van der Waals surface area contributed by atoms with Gasteiger partial charge in [-0.3, -0.25) is 4.79 Å². The van der Waals surface area contributed by atoms with E-state index in [-0.39, 0.29) is 5.56 Å². The average molecular weight is 239 g/mol. The minimum atomic E-state index is -0.0920. The van der Waals surface area contributed by atoms with Gasteiger partial charge in [0.15, 0.2) is 0 Å². The lowest BCUT2D eigenvalue weighted by atomic mass is 10.3. The minimum absolute atomic E-state index is 0.0920. The van der Waals surface area contributed by atoms with Crippen molar-refractivity contribution in [2.24, 2.45) is 7.05 Å². The van der Waals surface area contributed by atoms with Gasteiger partial charge in [-0.1, -0.05) is 6.07 Å². The van der Waals surface area contributed by atoms with Crippen LogP contribution in [0.3, 0.4) is 0 Å². The molecule has 1 aromatic carbocycles. The van der Waals surface area contributed by atoms with Crippen LogP contribution in [0, 0.1) is 0 Å². The molecule has 4 heteroatoms. The van der Waals surface area contributed by atoms with Crippen molar-refractivity contribution in [2.75, 3.05) is 0 Å². The van der Waals surface area contributed by atoms with Crippen molar-refractivity contribution >= 4 is 27.0 Å². The Kier molecular flexibility index (Phi) is 1.92. The van der Waals surface area contributed by atoms with Crippen molar-refractivity contribution < 1.29 is 0 Å². The summed E-state index contributed by atoms with van der Waals surface area (Å²) in [6.07, 6.45) is 1.33. The van der Waals surface area contributed by atoms with Crippen LogP contribution in [0.1, 0.15) is 0 Å². The Bertz CT molecular complexity index is 518. The lowest BCUT2D eigenvalue weighted by Crippen LogP contribution is -2.16. The number of aromatic nitrogens is 2. The SMILES string of the molecule is Cn1c(=O)cnc2c(Br)cccc21. The Morgan fingerprint density at radius 1 is 1.46 bits per heavy atom. The van der Waals surface area contributed by atoms with Gasteiger partial charge in [0.05, 0.1) is 11.7 Å². The average Bonchev–Trinajstić information content (AvgIpc) is 2.12. The van der Waals surface area contributed by atoms with E-state index in [4.69, 9.17) is 0 Å². The van der Waals surface area contributed by atoms with Crippen LogP contribution in [0.4, 0.5) is 0 Å². The largest absolute Gasteiger partial charge is 0.308 e. The molecule has 0 amide bonds. The molecule has 0 aliphatic rings. The van der Waals surface area contributed by atoms with Crippen molar-refractivity contribution in [3.8, 4) is 0 Å². The fraction of sp³-hybridized carbons (Fsp3) is 0.111. The van der Waals surface area contributed by atoms with E-state index in [0.29, 0.717) is 0 Å². The van der Waals surface area contributed by atoms with Gasteiger partial charge in [-0.15, -0.1) is 0 Å². The Balaban J connectivity index is 3.03. The Morgan fingerprint density at radius 2 is 2.23 bits per heavy atom. The van der Waals surface area contributed by atoms with Crippen LogP contribution in [0.25, 0.3) is 11.0 Å². The second kappa shape index (κ2) is 2.96. The third-order valence-corrected chi connectivity index (χ3v) is 2.60. The number of benzene rings is 1. The highest BCUT2D eigenvalue weighted by molar-refractivity contribution is 9.10. The highest BCUT2D eigenvalue weighted by Gasteiger charge is 2.02. The van der Waals surface area contributed by atoms with E-state index in [1.807, 2.05) is 18.2 Å². The zero-order chi connectivity index (χ0) is 9.42. The fourth-order valence-electron chi connectivity index (χ4n) is 1.23. The number of rotatable bonds is 0. The molecule has 2 rings (SSSR count). The van der Waals surface area contributed by atoms with Gasteiger partial charge in [0.2, 0.25) is 0 Å². The Labute approximate surface area is 83.2 Å². The third kappa shape index (κ3) is 1.27. The number of aryl methyl sites for hydroxylation is 1. The number of fused-ring (bicyclic) bond motifs is 1. The maximum Gasteiger partial charge on any atom is 0.269 e. The monoisotopic (exact) mass is 238 g/mol. The van der Waals surface area contributed by atoms with Gasteiger partial charge in [-0.05, 0) is 28.1 Å². The normalized spacial score (nSPS) is 10.6. The molecule has 1 heterocycles. The third-order valence-electron chi connectivity index (χ3n) is 1.96. The van der Waals surface area contributed by atoms with Gasteiger partial charge in [-0.2, -0.15) is 0 Å². The zero-order valence-electron chi connectivity index (χ0n) is 6.99. The lowest BCUT2D eigenvalue weighted by molar-refractivity contribution is 0.891. The van der Waals surface area contributed by atoms with Gasteiger partial charge < -0.3 is 4.57 Å². The van der Waals surface area contributed by atoms with Crippen LogP contribution in [0.2, 0.25) is 0 Å². The molecule has 0 atom stereocenters. The van der Waals surface area contributed by atoms with E-state index in [0.717, 1.165) is 15.5 Å². The summed E-state index contributed by atoms with van der Waals surface area (Å²) in [5.41, 5.74) is 1.55. The molecule has 0 spiro atoms. The topological polar surface area (TPSA) is 34.9 Å². The van der Waals surface area contributed by atoms with Crippen molar-refractivity contribution in [2.45, 2.75) is 0 Å². The van der Waals surface area contributed by atoms with E-state index in [1.54, 1.807) is 11.6 Å². The maximum atomic E-state index is 11.2. The van der Waals surface area contributed by atoms with E-state index >= 15 is 0 Å². The highest BCUT2D eigenvalue weighted by atomic mass is 79.9. The van der Waals surface area contributed by atoms with E-state index in [9.17, 15) is 4.79 Å². The molecule has 0 aliphatic carbocycles. The summed E-state index contributed by atoms with van der Waals surface area (Å²) >= 11 is 3.38. The van der Waals surface area contributed by atoms with Crippen LogP contribution >= 0.6 is 15.9 Å². The summed E-state index contributed by atoms with van der Waals surface area (Å²) in [7, 11) is 1.73. The Hall–Kier alpha value is -1.16. The molecule has 2 aromatic rings. The molecule has 1 aromatic heterocycles. The van der Waals surface area contributed by atoms with Crippen LogP contribution in [-0.4, -0.2) is 9.55 Å². The number of hydrogen-bond acceptors (Lipinski definition) is 2. The predicted molar refractivity (Wildman–Crippen MR) is 54.7 cm³/mol. The van der Waals surface area contributed by atoms with Crippen LogP contribution in [0.15, 0.2) is 33.7 Å². The molecule has 0 saturated heterocycles. The van der Waals surface area contributed by atoms with Gasteiger partial charge in [-0.25, -0.2) is 4.98 Å². The quantitative estimate of drug-likeness (QED) is 0.701. The molecule has 0 fully saturated rings. The van der Waals surface area contributed by atoms with Crippen molar-refractivity contribution in [3.63, 3.8) is 0 Å². The van der Waals surface area contributed by atoms with E-state index in [2.05, 4.69) is 20.9 Å². The summed E-state index contributed by atoms with van der Waals surface area (Å²) in [4.78, 5) is 15.3. The van der Waals surface area contributed by atoms with Gasteiger partial charge in [0.1, 0.15) is 5.52 Å². The first kappa shape index (κ1) is 8.44. The molecule has 0 radical (unpaired) electrons. The highest BCUT2D eigenvalue weighted by Crippen LogP contribution is 2.19. The summed E-state index contributed by atoms with van der Waals surface area (Å²) in [5.74, 6) is 0. The first-order valence-corrected chi connectivity index (χ1v) is 4.60. The summed E-state index contributed by atoms with van der Waals surface area (Å²) in [6.45, 7) is 0. The molecule has 0 saturated carbocycles. The molecule has 13 heavy (non-hydrogen) atoms. The molecule has 0 bridgehead atoms. The van der Waals surface area contributed by atoms with E-state index < -0.39 is 0 Å². The molecule has 0 aliphatic heterocycles. The standard InChI is InChI=1S/C9H7BrN2O/c1-12-7-4-2-3-6(10)9(7)11-5-8(12)13/h2-5H,1H3. The molecule has 3 nitrogen and oxygen atoms in total. The molecule has 66 valence electrons. The van der Waals surface area contributed by atoms with Crippen molar-refractivity contribution in [1.82, 2.24) is 9.55 Å². The van der Waals surface area contributed by atoms with Gasteiger partial charge >= 0.3 is 0 Å². The Morgan fingerprint density at radius 3 is 3.00 bits per heavy atom. The fourth-order valence-corrected chi connectivity index (χ4v) is 1.69. The second-order valence-electron chi connectivity index (χ2n) is 2.76. The molecular weight excluding hydrogens is 232 g/mol. The van der Waals surface area contributed by atoms with E-state index in [1.165, 1.54) is 6.20 Å². The number of hydrogen-bond donors (Lipinski definition) is 0. The summed E-state index contributed by atoms with van der Waals surface area (Å²) < 4.78 is 2.48. The van der Waals surface area contributed by atoms with Crippen LogP contribution in [0.5, 0.6) is 0 Å². The number of para-hydroxylation sites is 1. The van der Waals surface area contributed by atoms with Crippen LogP contribution < -0.4 is 5.56 Å². The maximum absolute atomic E-state index is 11.2. The van der Waals surface area contributed by atoms with Gasteiger partial charge in [0, 0.05) is 11.5 Å². The second-order valence-corrected chi connectivity index (χ2v) is 3.62. The molecule has 0 N–H and O–H groups in total. The number of halogens is 1. The number of nitrogens with zero attached hydrogens (tertiary/aromatic N) is 2. The predicted octanol–water partition coefficient (Wildman–Crippen LogP) is 1.70. The molecule has 0 unspecified atom stereocenters. The van der Waals surface area contributed by atoms with Crippen LogP contribution in [-0.2, 0) is 7.05 Å². The lowest BCUT2D eigenvalue weighted by Gasteiger charge is -2.03. The molecular formula is C9H7BrN2O. The first-order valence-electron chi connectivity index (χ1n) is 3.80. The van der Waals surface area contributed by atoms with Gasteiger partial charge in [0.25, 0.3) is 5.56 Å². The zero-order valence-corrected chi connectivity index (χ0v) is 8.58. The summed E-state index contributed by atoms with van der Waals surface area (Å²) in [6, 6.07) is 5.65. The van der Waals surface area contributed by atoms with Crippen molar-refractivity contribution in [3.05, 3.63) is 39.2 Å².